The van der Waals surface area contributed by atoms with Crippen molar-refractivity contribution in [1.82, 2.24) is 15.2 Å². The van der Waals surface area contributed by atoms with Crippen molar-refractivity contribution in [3.63, 3.8) is 0 Å². The van der Waals surface area contributed by atoms with Crippen molar-refractivity contribution in [3.05, 3.63) is 40.4 Å². The van der Waals surface area contributed by atoms with Gasteiger partial charge in [-0.3, -0.25) is 0 Å². The van der Waals surface area contributed by atoms with E-state index in [0.717, 1.165) is 17.1 Å². The van der Waals surface area contributed by atoms with Crippen molar-refractivity contribution in [3.8, 4) is 11.5 Å². The molecule has 0 aliphatic carbocycles. The molecule has 0 saturated carbocycles. The number of hydrogen-bond acceptors (Lipinski definition) is 6. The van der Waals surface area contributed by atoms with E-state index in [4.69, 9.17) is 9.47 Å². The largest absolute Gasteiger partial charge is 0.454 e. The Balaban J connectivity index is 1.72. The van der Waals surface area contributed by atoms with Crippen molar-refractivity contribution in [2.75, 3.05) is 12.1 Å². The smallest absolute Gasteiger partial charge is 0.363 e. The van der Waals surface area contributed by atoms with Gasteiger partial charge in [-0.2, -0.15) is 10.1 Å². The third kappa shape index (κ3) is 2.10. The minimum Gasteiger partial charge on any atom is -0.454 e. The lowest BCUT2D eigenvalue weighted by Gasteiger charge is -2.05. The molecule has 2 N–H and O–H groups in total. The fourth-order valence-electron chi connectivity index (χ4n) is 1.64. The highest BCUT2D eigenvalue weighted by Gasteiger charge is 2.12. The maximum absolute atomic E-state index is 10.9. The summed E-state index contributed by atoms with van der Waals surface area (Å²) in [4.78, 5) is 14.7. The highest BCUT2D eigenvalue weighted by molar-refractivity contribution is 5.45. The number of aromatic amines is 1. The van der Waals surface area contributed by atoms with Crippen molar-refractivity contribution in [2.24, 2.45) is 0 Å². The molecule has 0 unspecified atom stereocenters. The summed E-state index contributed by atoms with van der Waals surface area (Å²) in [5.41, 5.74) is 0.520. The molecule has 92 valence electrons. The van der Waals surface area contributed by atoms with E-state index in [2.05, 4.69) is 20.5 Å². The molecule has 7 nitrogen and oxygen atoms in total. The van der Waals surface area contributed by atoms with E-state index in [1.807, 2.05) is 18.2 Å². The highest BCUT2D eigenvalue weighted by Crippen LogP contribution is 2.32. The molecule has 3 rings (SSSR count). The Morgan fingerprint density at radius 1 is 1.33 bits per heavy atom. The van der Waals surface area contributed by atoms with Crippen LogP contribution < -0.4 is 20.5 Å². The van der Waals surface area contributed by atoms with Gasteiger partial charge in [0.25, 0.3) is 0 Å². The van der Waals surface area contributed by atoms with Crippen LogP contribution in [0.15, 0.2) is 29.2 Å². The quantitative estimate of drug-likeness (QED) is 0.820. The van der Waals surface area contributed by atoms with Gasteiger partial charge in [0.15, 0.2) is 17.3 Å². The van der Waals surface area contributed by atoms with Crippen LogP contribution in [0.2, 0.25) is 0 Å². The lowest BCUT2D eigenvalue weighted by atomic mass is 10.2. The van der Waals surface area contributed by atoms with Crippen LogP contribution in [0.25, 0.3) is 0 Å². The Morgan fingerprint density at radius 2 is 2.22 bits per heavy atom. The first kappa shape index (κ1) is 10.6. The van der Waals surface area contributed by atoms with Gasteiger partial charge < -0.3 is 14.8 Å². The number of anilines is 1. The number of H-pyrrole nitrogens is 1. The average Bonchev–Trinajstić information content (AvgIpc) is 2.84. The number of nitrogens with one attached hydrogen (secondary N) is 2. The van der Waals surface area contributed by atoms with E-state index in [9.17, 15) is 4.79 Å². The molecular formula is C11H10N4O3. The molecule has 0 atom stereocenters. The fraction of sp³-hybridized carbons (Fsp3) is 0.182. The average molecular weight is 246 g/mol. The SMILES string of the molecule is O=c1nc(NCc2ccc3c(c2)OCO3)cn[nH]1. The summed E-state index contributed by atoms with van der Waals surface area (Å²) in [6, 6.07) is 5.65. The van der Waals surface area contributed by atoms with E-state index in [0.29, 0.717) is 12.4 Å². The van der Waals surface area contributed by atoms with Gasteiger partial charge in [-0.25, -0.2) is 9.89 Å². The molecule has 18 heavy (non-hydrogen) atoms. The first-order chi connectivity index (χ1) is 8.81. The second-order valence-electron chi connectivity index (χ2n) is 3.71. The first-order valence-electron chi connectivity index (χ1n) is 5.35. The summed E-state index contributed by atoms with van der Waals surface area (Å²) in [6.07, 6.45) is 1.45. The summed E-state index contributed by atoms with van der Waals surface area (Å²) in [7, 11) is 0. The summed E-state index contributed by atoms with van der Waals surface area (Å²) in [5.74, 6) is 1.90. The molecule has 0 fully saturated rings. The normalized spacial score (nSPS) is 12.4. The van der Waals surface area contributed by atoms with Crippen LogP contribution in [-0.4, -0.2) is 22.0 Å². The Kier molecular flexibility index (Phi) is 2.56. The van der Waals surface area contributed by atoms with Gasteiger partial charge in [-0.15, -0.1) is 0 Å². The molecule has 1 aliphatic rings. The Bertz CT molecular complexity index is 626. The van der Waals surface area contributed by atoms with Crippen LogP contribution in [0.5, 0.6) is 11.5 Å². The Hall–Kier alpha value is -2.57. The van der Waals surface area contributed by atoms with E-state index >= 15 is 0 Å². The summed E-state index contributed by atoms with van der Waals surface area (Å²) < 4.78 is 10.5. The van der Waals surface area contributed by atoms with Crippen LogP contribution in [0.4, 0.5) is 5.82 Å². The Labute approximate surface area is 102 Å². The van der Waals surface area contributed by atoms with Crippen LogP contribution in [0.3, 0.4) is 0 Å². The van der Waals surface area contributed by atoms with Gasteiger partial charge in [0.2, 0.25) is 6.79 Å². The first-order valence-corrected chi connectivity index (χ1v) is 5.35. The second-order valence-corrected chi connectivity index (χ2v) is 3.71. The molecule has 2 heterocycles. The molecule has 1 aromatic carbocycles. The molecule has 1 aromatic heterocycles. The summed E-state index contributed by atoms with van der Waals surface area (Å²) in [5, 5.41) is 8.86. The molecule has 7 heteroatoms. The zero-order valence-electron chi connectivity index (χ0n) is 9.34. The van der Waals surface area contributed by atoms with Crippen molar-refractivity contribution >= 4 is 5.82 Å². The molecule has 2 aromatic rings. The Morgan fingerprint density at radius 3 is 3.11 bits per heavy atom. The van der Waals surface area contributed by atoms with Gasteiger partial charge >= 0.3 is 5.69 Å². The maximum Gasteiger partial charge on any atom is 0.363 e. The highest BCUT2D eigenvalue weighted by atomic mass is 16.7. The third-order valence-corrected chi connectivity index (χ3v) is 2.48. The molecular weight excluding hydrogens is 236 g/mol. The lowest BCUT2D eigenvalue weighted by molar-refractivity contribution is 0.174. The number of aromatic nitrogens is 3. The lowest BCUT2D eigenvalue weighted by Crippen LogP contribution is -2.14. The summed E-state index contributed by atoms with van der Waals surface area (Å²) in [6.45, 7) is 0.778. The second kappa shape index (κ2) is 4.36. The molecule has 1 aliphatic heterocycles. The zero-order valence-corrected chi connectivity index (χ0v) is 9.34. The number of benzene rings is 1. The van der Waals surface area contributed by atoms with E-state index < -0.39 is 5.69 Å². The standard InChI is InChI=1S/C11H10N4O3/c16-11-14-10(5-13-15-11)12-4-7-1-2-8-9(3-7)18-6-17-8/h1-3,5H,4,6H2,(H2,12,14,15,16). The minimum absolute atomic E-state index is 0.256. The predicted molar refractivity (Wildman–Crippen MR) is 62.5 cm³/mol. The van der Waals surface area contributed by atoms with Crippen molar-refractivity contribution < 1.29 is 9.47 Å². The van der Waals surface area contributed by atoms with Crippen LogP contribution in [-0.2, 0) is 6.54 Å². The van der Waals surface area contributed by atoms with E-state index in [1.165, 1.54) is 6.20 Å². The van der Waals surface area contributed by atoms with Gasteiger partial charge in [-0.05, 0) is 17.7 Å². The fourth-order valence-corrected chi connectivity index (χ4v) is 1.64. The van der Waals surface area contributed by atoms with Crippen molar-refractivity contribution in [2.45, 2.75) is 6.54 Å². The number of nitrogens with zero attached hydrogens (tertiary/aromatic N) is 2. The summed E-state index contributed by atoms with van der Waals surface area (Å²) >= 11 is 0. The monoisotopic (exact) mass is 246 g/mol. The minimum atomic E-state index is -0.481. The van der Waals surface area contributed by atoms with Gasteiger partial charge in [0.05, 0.1) is 6.20 Å². The number of fused-ring (bicyclic) bond motifs is 1. The molecule has 0 saturated heterocycles. The molecule has 0 bridgehead atoms. The van der Waals surface area contributed by atoms with Crippen LogP contribution in [0.1, 0.15) is 5.56 Å². The van der Waals surface area contributed by atoms with Crippen LogP contribution in [0, 0.1) is 0 Å². The predicted octanol–water partition coefficient (Wildman–Crippen LogP) is 0.506. The number of ether oxygens (including phenoxy) is 2. The molecule has 0 amide bonds. The topological polar surface area (TPSA) is 89.1 Å². The van der Waals surface area contributed by atoms with E-state index in [-0.39, 0.29) is 6.79 Å². The number of hydrogen-bond donors (Lipinski definition) is 2. The van der Waals surface area contributed by atoms with Crippen molar-refractivity contribution in [1.29, 1.82) is 0 Å². The zero-order chi connectivity index (χ0) is 12.4. The van der Waals surface area contributed by atoms with Gasteiger partial charge in [0.1, 0.15) is 0 Å². The van der Waals surface area contributed by atoms with Gasteiger partial charge in [-0.1, -0.05) is 6.07 Å². The van der Waals surface area contributed by atoms with E-state index in [1.54, 1.807) is 0 Å². The molecule has 0 spiro atoms. The van der Waals surface area contributed by atoms with Gasteiger partial charge in [0, 0.05) is 6.54 Å². The molecule has 0 radical (unpaired) electrons. The maximum atomic E-state index is 10.9. The van der Waals surface area contributed by atoms with Crippen LogP contribution >= 0.6 is 0 Å². The number of rotatable bonds is 3. The third-order valence-electron chi connectivity index (χ3n) is 2.48.